The quantitative estimate of drug-likeness (QED) is 0.847. The van der Waals surface area contributed by atoms with Crippen molar-refractivity contribution in [3.63, 3.8) is 0 Å². The molecule has 3 amide bonds. The topological polar surface area (TPSA) is 52.6 Å². The first-order valence-electron chi connectivity index (χ1n) is 9.12. The van der Waals surface area contributed by atoms with Crippen LogP contribution in [0.25, 0.3) is 0 Å². The van der Waals surface area contributed by atoms with Crippen molar-refractivity contribution >= 4 is 17.6 Å². The molecule has 2 aromatic carbocycles. The Balaban J connectivity index is 1.55. The van der Waals surface area contributed by atoms with Crippen LogP contribution in [0.4, 0.5) is 14.9 Å². The lowest BCUT2D eigenvalue weighted by Crippen LogP contribution is -2.39. The molecule has 1 N–H and O–H groups in total. The second kappa shape index (κ2) is 8.20. The number of carbonyl (C=O) groups excluding carboxylic acids is 2. The summed E-state index contributed by atoms with van der Waals surface area (Å²) in [5, 5.41) is 2.67. The van der Waals surface area contributed by atoms with E-state index in [1.54, 1.807) is 23.1 Å². The predicted molar refractivity (Wildman–Crippen MR) is 103 cm³/mol. The first kappa shape index (κ1) is 18.9. The van der Waals surface area contributed by atoms with Gasteiger partial charge in [0.05, 0.1) is 0 Å². The lowest BCUT2D eigenvalue weighted by atomic mass is 10.0. The number of rotatable bonds is 6. The first-order valence-corrected chi connectivity index (χ1v) is 9.12. The number of nitrogens with one attached hydrogen (secondary N) is 1. The molecule has 0 atom stereocenters. The molecule has 0 saturated carbocycles. The Bertz CT molecular complexity index is 820. The average molecular weight is 369 g/mol. The third-order valence-corrected chi connectivity index (χ3v) is 4.73. The van der Waals surface area contributed by atoms with Gasteiger partial charge < -0.3 is 10.2 Å². The van der Waals surface area contributed by atoms with Crippen molar-refractivity contribution < 1.29 is 14.0 Å². The van der Waals surface area contributed by atoms with Crippen molar-refractivity contribution in [1.82, 2.24) is 10.2 Å². The van der Waals surface area contributed by atoms with Crippen LogP contribution in [0.5, 0.6) is 0 Å². The Kier molecular flexibility index (Phi) is 5.74. The van der Waals surface area contributed by atoms with Crippen LogP contribution in [0.15, 0.2) is 48.5 Å². The number of anilines is 1. The van der Waals surface area contributed by atoms with E-state index in [0.29, 0.717) is 24.6 Å². The van der Waals surface area contributed by atoms with Crippen molar-refractivity contribution in [3.8, 4) is 0 Å². The highest BCUT2D eigenvalue weighted by Gasteiger charge is 2.30. The third-order valence-electron chi connectivity index (χ3n) is 4.73. The molecule has 27 heavy (non-hydrogen) atoms. The van der Waals surface area contributed by atoms with E-state index < -0.39 is 0 Å². The molecule has 1 saturated heterocycles. The zero-order valence-corrected chi connectivity index (χ0v) is 15.6. The fourth-order valence-corrected chi connectivity index (χ4v) is 3.07. The van der Waals surface area contributed by atoms with Gasteiger partial charge in [-0.1, -0.05) is 44.2 Å². The number of carbonyl (C=O) groups is 2. The number of benzene rings is 2. The molecule has 1 aliphatic heterocycles. The van der Waals surface area contributed by atoms with Crippen LogP contribution in [0, 0.1) is 5.82 Å². The van der Waals surface area contributed by atoms with Gasteiger partial charge in [0.1, 0.15) is 12.4 Å². The minimum absolute atomic E-state index is 0.0339. The van der Waals surface area contributed by atoms with Crippen molar-refractivity contribution in [2.45, 2.75) is 26.3 Å². The summed E-state index contributed by atoms with van der Waals surface area (Å²) in [6.07, 6.45) is 0. The lowest BCUT2D eigenvalue weighted by Gasteiger charge is -2.19. The van der Waals surface area contributed by atoms with E-state index in [9.17, 15) is 14.0 Å². The van der Waals surface area contributed by atoms with Gasteiger partial charge in [-0.15, -0.1) is 0 Å². The van der Waals surface area contributed by atoms with Crippen LogP contribution < -0.4 is 10.2 Å². The molecule has 1 aliphatic rings. The number of amides is 3. The molecule has 0 unspecified atom stereocenters. The zero-order valence-electron chi connectivity index (χ0n) is 15.6. The minimum Gasteiger partial charge on any atom is -0.350 e. The molecule has 1 heterocycles. The molecule has 2 aromatic rings. The number of hydrogen-bond donors (Lipinski definition) is 1. The second-order valence-corrected chi connectivity index (χ2v) is 6.97. The fraction of sp³-hybridized carbons (Fsp3) is 0.333. The molecule has 3 rings (SSSR count). The van der Waals surface area contributed by atoms with E-state index in [1.807, 2.05) is 24.3 Å². The largest absolute Gasteiger partial charge is 0.350 e. The Morgan fingerprint density at radius 1 is 1.11 bits per heavy atom. The summed E-state index contributed by atoms with van der Waals surface area (Å²) in [5.74, 6) is -0.224. The maximum absolute atomic E-state index is 13.6. The van der Waals surface area contributed by atoms with Gasteiger partial charge in [0, 0.05) is 30.9 Å². The standard InChI is InChI=1S/C21H24FN3O2/c1-15(2)16-7-9-18(10-8-16)25-12-11-24(21(25)27)14-20(26)23-13-17-5-3-4-6-19(17)22/h3-10,15H,11-14H2,1-2H3,(H,23,26). The summed E-state index contributed by atoms with van der Waals surface area (Å²) in [5.41, 5.74) is 2.47. The molecule has 0 spiro atoms. The summed E-state index contributed by atoms with van der Waals surface area (Å²) in [6.45, 7) is 5.34. The molecule has 5 nitrogen and oxygen atoms in total. The molecule has 1 fully saturated rings. The third kappa shape index (κ3) is 4.45. The Labute approximate surface area is 158 Å². The molecule has 0 aliphatic carbocycles. The molecular weight excluding hydrogens is 345 g/mol. The summed E-state index contributed by atoms with van der Waals surface area (Å²) >= 11 is 0. The predicted octanol–water partition coefficient (Wildman–Crippen LogP) is 3.51. The minimum atomic E-state index is -0.355. The molecule has 142 valence electrons. The zero-order chi connectivity index (χ0) is 19.4. The van der Waals surface area contributed by atoms with Crippen LogP contribution in [-0.4, -0.2) is 36.5 Å². The van der Waals surface area contributed by atoms with Gasteiger partial charge in [-0.05, 0) is 29.7 Å². The summed E-state index contributed by atoms with van der Waals surface area (Å²) in [7, 11) is 0. The fourth-order valence-electron chi connectivity index (χ4n) is 3.07. The molecular formula is C21H24FN3O2. The van der Waals surface area contributed by atoms with Gasteiger partial charge in [0.25, 0.3) is 0 Å². The van der Waals surface area contributed by atoms with Gasteiger partial charge in [-0.2, -0.15) is 0 Å². The van der Waals surface area contributed by atoms with Crippen LogP contribution in [0.2, 0.25) is 0 Å². The van der Waals surface area contributed by atoms with Crippen molar-refractivity contribution in [2.75, 3.05) is 24.5 Å². The maximum atomic E-state index is 13.6. The number of halogens is 1. The molecule has 6 heteroatoms. The monoisotopic (exact) mass is 369 g/mol. The Hall–Kier alpha value is -2.89. The maximum Gasteiger partial charge on any atom is 0.325 e. The number of hydrogen-bond acceptors (Lipinski definition) is 2. The van der Waals surface area contributed by atoms with Gasteiger partial charge in [-0.3, -0.25) is 9.69 Å². The summed E-state index contributed by atoms with van der Waals surface area (Å²) < 4.78 is 13.6. The summed E-state index contributed by atoms with van der Waals surface area (Å²) in [4.78, 5) is 27.9. The number of urea groups is 1. The smallest absolute Gasteiger partial charge is 0.325 e. The average Bonchev–Trinajstić information content (AvgIpc) is 3.01. The first-order chi connectivity index (χ1) is 13.0. The highest BCUT2D eigenvalue weighted by molar-refractivity contribution is 5.96. The lowest BCUT2D eigenvalue weighted by molar-refractivity contribution is -0.121. The second-order valence-electron chi connectivity index (χ2n) is 6.97. The highest BCUT2D eigenvalue weighted by atomic mass is 19.1. The van der Waals surface area contributed by atoms with E-state index >= 15 is 0 Å². The summed E-state index contributed by atoms with van der Waals surface area (Å²) in [6, 6.07) is 14.0. The normalized spacial score (nSPS) is 14.1. The molecule has 0 bridgehead atoms. The van der Waals surface area contributed by atoms with Crippen molar-refractivity contribution in [3.05, 3.63) is 65.5 Å². The van der Waals surface area contributed by atoms with E-state index in [2.05, 4.69) is 19.2 Å². The van der Waals surface area contributed by atoms with E-state index in [4.69, 9.17) is 0 Å². The van der Waals surface area contributed by atoms with Gasteiger partial charge >= 0.3 is 6.03 Å². The highest BCUT2D eigenvalue weighted by Crippen LogP contribution is 2.23. The van der Waals surface area contributed by atoms with E-state index in [1.165, 1.54) is 16.5 Å². The van der Waals surface area contributed by atoms with Gasteiger partial charge in [0.2, 0.25) is 5.91 Å². The molecule has 0 radical (unpaired) electrons. The van der Waals surface area contributed by atoms with E-state index in [0.717, 1.165) is 5.69 Å². The van der Waals surface area contributed by atoms with Crippen molar-refractivity contribution in [1.29, 1.82) is 0 Å². The number of nitrogens with zero attached hydrogens (tertiary/aromatic N) is 2. The van der Waals surface area contributed by atoms with Crippen LogP contribution in [-0.2, 0) is 11.3 Å². The SMILES string of the molecule is CC(C)c1ccc(N2CCN(CC(=O)NCc3ccccc3F)C2=O)cc1. The van der Waals surface area contributed by atoms with Gasteiger partial charge in [-0.25, -0.2) is 9.18 Å². The van der Waals surface area contributed by atoms with Crippen molar-refractivity contribution in [2.24, 2.45) is 0 Å². The van der Waals surface area contributed by atoms with Gasteiger partial charge in [0.15, 0.2) is 0 Å². The van der Waals surface area contributed by atoms with Crippen LogP contribution in [0.1, 0.15) is 30.9 Å². The molecule has 0 aromatic heterocycles. The Morgan fingerprint density at radius 2 is 1.81 bits per heavy atom. The van der Waals surface area contributed by atoms with Crippen LogP contribution >= 0.6 is 0 Å². The Morgan fingerprint density at radius 3 is 2.48 bits per heavy atom. The van der Waals surface area contributed by atoms with E-state index in [-0.39, 0.29) is 30.8 Å². The van der Waals surface area contributed by atoms with Crippen LogP contribution in [0.3, 0.4) is 0 Å².